The third-order valence-electron chi connectivity index (χ3n) is 1.73. The fourth-order valence-electron chi connectivity index (χ4n) is 0.931. The summed E-state index contributed by atoms with van der Waals surface area (Å²) in [4.78, 5) is 22.3. The van der Waals surface area contributed by atoms with Gasteiger partial charge in [0.25, 0.3) is 0 Å². The molecule has 0 rings (SSSR count). The van der Waals surface area contributed by atoms with E-state index in [0.29, 0.717) is 0 Å². The summed E-state index contributed by atoms with van der Waals surface area (Å²) in [6, 6.07) is 0. The molecule has 0 aromatic carbocycles. The number of ether oxygens (including phenoxy) is 2. The third-order valence-corrected chi connectivity index (χ3v) is 1.73. The van der Waals surface area contributed by atoms with Gasteiger partial charge >= 0.3 is 5.97 Å². The second kappa shape index (κ2) is 5.26. The summed E-state index contributed by atoms with van der Waals surface area (Å²) in [5, 5.41) is 0. The van der Waals surface area contributed by atoms with Crippen LogP contribution in [0.25, 0.3) is 0 Å². The van der Waals surface area contributed by atoms with Gasteiger partial charge in [0.2, 0.25) is 0 Å². The highest BCUT2D eigenvalue weighted by Crippen LogP contribution is 2.12. The van der Waals surface area contributed by atoms with Gasteiger partial charge in [0.05, 0.1) is 5.60 Å². The summed E-state index contributed by atoms with van der Waals surface area (Å²) in [7, 11) is 0. The Morgan fingerprint density at radius 3 is 1.87 bits per heavy atom. The average Bonchev–Trinajstić information content (AvgIpc) is 2.00. The second-order valence-electron chi connectivity index (χ2n) is 4.56. The Balaban J connectivity index is 4.17. The van der Waals surface area contributed by atoms with Crippen molar-refractivity contribution in [3.05, 3.63) is 0 Å². The molecule has 0 aliphatic carbocycles. The summed E-state index contributed by atoms with van der Waals surface area (Å²) in [6.45, 7) is 10.1. The van der Waals surface area contributed by atoms with Crippen molar-refractivity contribution in [2.75, 3.05) is 0 Å². The minimum Gasteiger partial charge on any atom is -0.453 e. The number of hydrogen-bond donors (Lipinski definition) is 0. The van der Waals surface area contributed by atoms with Gasteiger partial charge in [-0.05, 0) is 41.5 Å². The molecule has 0 N–H and O–H groups in total. The molecule has 4 heteroatoms. The van der Waals surface area contributed by atoms with Crippen LogP contribution < -0.4 is 0 Å². The third kappa shape index (κ3) is 6.23. The molecule has 0 saturated heterocycles. The molecule has 2 atom stereocenters. The van der Waals surface area contributed by atoms with Crippen LogP contribution >= 0.6 is 0 Å². The number of ketones is 1. The molecule has 0 aliphatic rings. The van der Waals surface area contributed by atoms with Crippen LogP contribution in [-0.4, -0.2) is 29.6 Å². The zero-order valence-corrected chi connectivity index (χ0v) is 10.3. The van der Waals surface area contributed by atoms with Crippen LogP contribution in [0.15, 0.2) is 0 Å². The zero-order valence-electron chi connectivity index (χ0n) is 10.3. The standard InChI is InChI=1S/C11H20O4/c1-7(12)8(2)14-10(13)9(3)15-11(4,5)6/h8-9H,1-6H3. The number of carbonyl (C=O) groups excluding carboxylic acids is 2. The van der Waals surface area contributed by atoms with Crippen molar-refractivity contribution >= 4 is 11.8 Å². The van der Waals surface area contributed by atoms with E-state index in [-0.39, 0.29) is 5.78 Å². The molecule has 0 saturated carbocycles. The predicted molar refractivity (Wildman–Crippen MR) is 56.5 cm³/mol. The smallest absolute Gasteiger partial charge is 0.335 e. The lowest BCUT2D eigenvalue weighted by molar-refractivity contribution is -0.171. The van der Waals surface area contributed by atoms with Crippen LogP contribution in [0.4, 0.5) is 0 Å². The molecule has 0 heterocycles. The van der Waals surface area contributed by atoms with E-state index in [2.05, 4.69) is 0 Å². The van der Waals surface area contributed by atoms with E-state index in [0.717, 1.165) is 0 Å². The Morgan fingerprint density at radius 1 is 1.07 bits per heavy atom. The molecular formula is C11H20O4. The molecule has 0 aromatic heterocycles. The minimum absolute atomic E-state index is 0.175. The summed E-state index contributed by atoms with van der Waals surface area (Å²) in [6.07, 6.45) is -1.37. The Hall–Kier alpha value is -0.900. The molecule has 2 unspecified atom stereocenters. The summed E-state index contributed by atoms with van der Waals surface area (Å²) in [5.74, 6) is -0.682. The molecule has 15 heavy (non-hydrogen) atoms. The largest absolute Gasteiger partial charge is 0.453 e. The lowest BCUT2D eigenvalue weighted by atomic mass is 10.2. The highest BCUT2D eigenvalue weighted by Gasteiger charge is 2.24. The van der Waals surface area contributed by atoms with E-state index < -0.39 is 23.8 Å². The van der Waals surface area contributed by atoms with Crippen molar-refractivity contribution < 1.29 is 19.1 Å². The maximum absolute atomic E-state index is 11.4. The Kier molecular flexibility index (Phi) is 4.94. The molecule has 0 spiro atoms. The number of esters is 1. The summed E-state index contributed by atoms with van der Waals surface area (Å²) < 4.78 is 10.3. The monoisotopic (exact) mass is 216 g/mol. The zero-order chi connectivity index (χ0) is 12.2. The maximum Gasteiger partial charge on any atom is 0.335 e. The summed E-state index contributed by atoms with van der Waals surface area (Å²) >= 11 is 0. The van der Waals surface area contributed by atoms with Gasteiger partial charge in [-0.15, -0.1) is 0 Å². The fraction of sp³-hybridized carbons (Fsp3) is 0.818. The molecule has 0 aliphatic heterocycles. The van der Waals surface area contributed by atoms with Gasteiger partial charge in [-0.25, -0.2) is 4.79 Å². The maximum atomic E-state index is 11.4. The van der Waals surface area contributed by atoms with E-state index >= 15 is 0 Å². The number of rotatable bonds is 4. The van der Waals surface area contributed by atoms with Gasteiger partial charge in [-0.1, -0.05) is 0 Å². The van der Waals surface area contributed by atoms with E-state index in [1.807, 2.05) is 20.8 Å². The van der Waals surface area contributed by atoms with Crippen LogP contribution in [0.2, 0.25) is 0 Å². The first-order valence-corrected chi connectivity index (χ1v) is 5.02. The first-order chi connectivity index (χ1) is 6.63. The van der Waals surface area contributed by atoms with Crippen molar-refractivity contribution in [1.29, 1.82) is 0 Å². The average molecular weight is 216 g/mol. The number of hydrogen-bond acceptors (Lipinski definition) is 4. The quantitative estimate of drug-likeness (QED) is 0.671. The lowest BCUT2D eigenvalue weighted by Gasteiger charge is -2.24. The Labute approximate surface area is 90.9 Å². The first kappa shape index (κ1) is 14.1. The van der Waals surface area contributed by atoms with E-state index in [4.69, 9.17) is 9.47 Å². The lowest BCUT2D eigenvalue weighted by Crippen LogP contribution is -2.35. The predicted octanol–water partition coefficient (Wildman–Crippen LogP) is 1.71. The molecule has 0 radical (unpaired) electrons. The highest BCUT2D eigenvalue weighted by atomic mass is 16.6. The van der Waals surface area contributed by atoms with Crippen molar-refractivity contribution in [1.82, 2.24) is 0 Å². The topological polar surface area (TPSA) is 52.6 Å². The minimum atomic E-state index is -0.705. The van der Waals surface area contributed by atoms with Gasteiger partial charge in [-0.3, -0.25) is 4.79 Å². The van der Waals surface area contributed by atoms with Crippen molar-refractivity contribution in [2.24, 2.45) is 0 Å². The normalized spacial score (nSPS) is 15.6. The van der Waals surface area contributed by atoms with E-state index in [1.165, 1.54) is 6.92 Å². The van der Waals surface area contributed by atoms with Gasteiger partial charge in [-0.2, -0.15) is 0 Å². The van der Waals surface area contributed by atoms with Crippen LogP contribution in [0.1, 0.15) is 41.5 Å². The first-order valence-electron chi connectivity index (χ1n) is 5.02. The molecule has 0 fully saturated rings. The second-order valence-corrected chi connectivity index (χ2v) is 4.56. The Bertz CT molecular complexity index is 239. The fourth-order valence-corrected chi connectivity index (χ4v) is 0.931. The number of Topliss-reactive ketones (excluding diaryl/α,β-unsaturated/α-hetero) is 1. The SMILES string of the molecule is CC(=O)C(C)OC(=O)C(C)OC(C)(C)C. The van der Waals surface area contributed by atoms with Crippen LogP contribution in [0, 0.1) is 0 Å². The number of carbonyl (C=O) groups is 2. The molecule has 0 bridgehead atoms. The van der Waals surface area contributed by atoms with E-state index in [1.54, 1.807) is 13.8 Å². The highest BCUT2D eigenvalue weighted by molar-refractivity contribution is 5.84. The molecular weight excluding hydrogens is 196 g/mol. The van der Waals surface area contributed by atoms with Crippen molar-refractivity contribution in [2.45, 2.75) is 59.4 Å². The van der Waals surface area contributed by atoms with E-state index in [9.17, 15) is 9.59 Å². The van der Waals surface area contributed by atoms with Crippen LogP contribution in [-0.2, 0) is 19.1 Å². The van der Waals surface area contributed by atoms with Crippen molar-refractivity contribution in [3.8, 4) is 0 Å². The van der Waals surface area contributed by atoms with Gasteiger partial charge in [0, 0.05) is 0 Å². The van der Waals surface area contributed by atoms with Crippen LogP contribution in [0.5, 0.6) is 0 Å². The molecule has 0 aromatic rings. The molecule has 88 valence electrons. The Morgan fingerprint density at radius 2 is 1.53 bits per heavy atom. The van der Waals surface area contributed by atoms with Gasteiger partial charge < -0.3 is 9.47 Å². The van der Waals surface area contributed by atoms with Crippen LogP contribution in [0.3, 0.4) is 0 Å². The summed E-state index contributed by atoms with van der Waals surface area (Å²) in [5.41, 5.74) is -0.405. The molecule has 4 nitrogen and oxygen atoms in total. The van der Waals surface area contributed by atoms with Crippen molar-refractivity contribution in [3.63, 3.8) is 0 Å². The molecule has 0 amide bonds. The van der Waals surface area contributed by atoms with Gasteiger partial charge in [0.1, 0.15) is 0 Å². The van der Waals surface area contributed by atoms with Gasteiger partial charge in [0.15, 0.2) is 18.0 Å².